The summed E-state index contributed by atoms with van der Waals surface area (Å²) in [5, 5.41) is 12.9. The largest absolute Gasteiger partial charge is 0.394 e. The van der Waals surface area contributed by atoms with Crippen molar-refractivity contribution in [2.24, 2.45) is 5.92 Å². The molecule has 0 radical (unpaired) electrons. The average Bonchev–Trinajstić information content (AvgIpc) is 3.46. The zero-order valence-corrected chi connectivity index (χ0v) is 17.3. The van der Waals surface area contributed by atoms with Gasteiger partial charge in [-0.2, -0.15) is 0 Å². The lowest BCUT2D eigenvalue weighted by Gasteiger charge is -2.36. The number of aliphatic hydroxyl groups excluding tert-OH is 1. The van der Waals surface area contributed by atoms with Crippen molar-refractivity contribution in [2.75, 3.05) is 62.6 Å². The van der Waals surface area contributed by atoms with Crippen LogP contribution >= 0.6 is 0 Å². The Morgan fingerprint density at radius 2 is 1.86 bits per heavy atom. The molecule has 2 aliphatic heterocycles. The molecule has 3 aliphatic rings. The number of hydrogen-bond donors (Lipinski definition) is 2. The summed E-state index contributed by atoms with van der Waals surface area (Å²) < 4.78 is 0. The van der Waals surface area contributed by atoms with Crippen LogP contribution in [0.15, 0.2) is 12.4 Å². The molecule has 1 aliphatic carbocycles. The molecule has 29 heavy (non-hydrogen) atoms. The molecule has 2 saturated heterocycles. The first kappa shape index (κ1) is 20.3. The summed E-state index contributed by atoms with van der Waals surface area (Å²) in [7, 11) is 0. The Balaban J connectivity index is 1.20. The lowest BCUT2D eigenvalue weighted by atomic mass is 10.1. The summed E-state index contributed by atoms with van der Waals surface area (Å²) in [6.45, 7) is 6.45. The Morgan fingerprint density at radius 3 is 2.62 bits per heavy atom. The van der Waals surface area contributed by atoms with Gasteiger partial charge >= 0.3 is 0 Å². The van der Waals surface area contributed by atoms with Gasteiger partial charge in [0, 0.05) is 57.8 Å². The Labute approximate surface area is 173 Å². The Bertz CT molecular complexity index is 673. The summed E-state index contributed by atoms with van der Waals surface area (Å²) in [6.07, 6.45) is 8.29. The fourth-order valence-corrected chi connectivity index (χ4v) is 4.89. The molecule has 1 atom stereocenters. The van der Waals surface area contributed by atoms with Crippen LogP contribution in [0, 0.1) is 5.92 Å². The van der Waals surface area contributed by atoms with E-state index in [2.05, 4.69) is 30.0 Å². The number of nitrogens with zero attached hydrogens (tertiary/aromatic N) is 5. The summed E-state index contributed by atoms with van der Waals surface area (Å²) in [4.78, 5) is 27.9. The van der Waals surface area contributed by atoms with Gasteiger partial charge < -0.3 is 20.2 Å². The van der Waals surface area contributed by atoms with Crippen molar-refractivity contribution < 1.29 is 9.90 Å². The maximum absolute atomic E-state index is 12.6. The first-order valence-electron chi connectivity index (χ1n) is 11.2. The lowest BCUT2D eigenvalue weighted by molar-refractivity contribution is -0.137. The van der Waals surface area contributed by atoms with Gasteiger partial charge in [0.2, 0.25) is 5.91 Å². The van der Waals surface area contributed by atoms with E-state index in [1.807, 2.05) is 6.07 Å². The topological polar surface area (TPSA) is 84.8 Å². The molecule has 3 fully saturated rings. The molecule has 1 aromatic heterocycles. The third kappa shape index (κ3) is 4.98. The van der Waals surface area contributed by atoms with Crippen LogP contribution in [0.2, 0.25) is 0 Å². The standard InChI is InChI=1S/C21H34N6O2/c28-15-18-6-3-8-27(18)20-14-19(23-16-24-20)22-7-9-25-10-12-26(13-11-25)21(29)17-4-1-2-5-17/h14,16-18,28H,1-13,15H2,(H,22,23,24). The van der Waals surface area contributed by atoms with Crippen LogP contribution in [0.4, 0.5) is 11.6 Å². The van der Waals surface area contributed by atoms with Crippen LogP contribution in [-0.2, 0) is 4.79 Å². The van der Waals surface area contributed by atoms with Gasteiger partial charge in [-0.05, 0) is 25.7 Å². The van der Waals surface area contributed by atoms with Crippen molar-refractivity contribution >= 4 is 17.5 Å². The lowest BCUT2D eigenvalue weighted by Crippen LogP contribution is -2.50. The van der Waals surface area contributed by atoms with E-state index in [1.165, 1.54) is 12.8 Å². The molecular weight excluding hydrogens is 368 g/mol. The highest BCUT2D eigenvalue weighted by molar-refractivity contribution is 5.79. The minimum Gasteiger partial charge on any atom is -0.394 e. The van der Waals surface area contributed by atoms with Crippen molar-refractivity contribution in [1.29, 1.82) is 0 Å². The van der Waals surface area contributed by atoms with Gasteiger partial charge in [0.25, 0.3) is 0 Å². The molecule has 160 valence electrons. The van der Waals surface area contributed by atoms with Crippen LogP contribution in [0.1, 0.15) is 38.5 Å². The van der Waals surface area contributed by atoms with Crippen molar-refractivity contribution in [3.05, 3.63) is 12.4 Å². The van der Waals surface area contributed by atoms with E-state index < -0.39 is 0 Å². The highest BCUT2D eigenvalue weighted by atomic mass is 16.3. The van der Waals surface area contributed by atoms with E-state index in [0.29, 0.717) is 5.91 Å². The van der Waals surface area contributed by atoms with E-state index in [0.717, 1.165) is 83.1 Å². The summed E-state index contributed by atoms with van der Waals surface area (Å²) in [5.74, 6) is 2.39. The zero-order chi connectivity index (χ0) is 20.1. The number of amides is 1. The summed E-state index contributed by atoms with van der Waals surface area (Å²) >= 11 is 0. The maximum atomic E-state index is 12.6. The molecule has 1 aromatic rings. The van der Waals surface area contributed by atoms with E-state index in [1.54, 1.807) is 6.33 Å². The predicted octanol–water partition coefficient (Wildman–Crippen LogP) is 1.18. The third-order valence-electron chi connectivity index (χ3n) is 6.66. The van der Waals surface area contributed by atoms with Gasteiger partial charge in [-0.25, -0.2) is 9.97 Å². The number of aromatic nitrogens is 2. The van der Waals surface area contributed by atoms with Gasteiger partial charge in [0.05, 0.1) is 12.6 Å². The van der Waals surface area contributed by atoms with Crippen LogP contribution in [0.5, 0.6) is 0 Å². The molecule has 8 nitrogen and oxygen atoms in total. The molecule has 0 bridgehead atoms. The first-order valence-corrected chi connectivity index (χ1v) is 11.2. The second-order valence-corrected chi connectivity index (χ2v) is 8.51. The Hall–Kier alpha value is -1.93. The van der Waals surface area contributed by atoms with Gasteiger partial charge in [-0.1, -0.05) is 12.8 Å². The fraction of sp³-hybridized carbons (Fsp3) is 0.762. The number of anilines is 2. The van der Waals surface area contributed by atoms with Crippen molar-refractivity contribution in [2.45, 2.75) is 44.6 Å². The predicted molar refractivity (Wildman–Crippen MR) is 113 cm³/mol. The zero-order valence-electron chi connectivity index (χ0n) is 17.3. The second kappa shape index (κ2) is 9.71. The highest BCUT2D eigenvalue weighted by Gasteiger charge is 2.29. The van der Waals surface area contributed by atoms with Crippen molar-refractivity contribution in [3.8, 4) is 0 Å². The third-order valence-corrected chi connectivity index (χ3v) is 6.66. The normalized spacial score (nSPS) is 23.7. The van der Waals surface area contributed by atoms with Crippen LogP contribution in [0.3, 0.4) is 0 Å². The smallest absolute Gasteiger partial charge is 0.225 e. The number of carbonyl (C=O) groups excluding carboxylic acids is 1. The SMILES string of the molecule is O=C(C1CCCC1)N1CCN(CCNc2cc(N3CCCC3CO)ncn2)CC1. The van der Waals surface area contributed by atoms with Crippen LogP contribution in [-0.4, -0.2) is 89.2 Å². The molecule has 4 rings (SSSR count). The summed E-state index contributed by atoms with van der Waals surface area (Å²) in [5.41, 5.74) is 0. The molecule has 1 saturated carbocycles. The molecular formula is C21H34N6O2. The maximum Gasteiger partial charge on any atom is 0.225 e. The molecule has 8 heteroatoms. The van der Waals surface area contributed by atoms with Gasteiger partial charge in [-0.15, -0.1) is 0 Å². The van der Waals surface area contributed by atoms with Gasteiger partial charge in [0.1, 0.15) is 18.0 Å². The number of carbonyl (C=O) groups is 1. The van der Waals surface area contributed by atoms with E-state index in [9.17, 15) is 9.90 Å². The van der Waals surface area contributed by atoms with Crippen LogP contribution in [0.25, 0.3) is 0 Å². The Kier molecular flexibility index (Phi) is 6.82. The number of hydrogen-bond acceptors (Lipinski definition) is 7. The minimum absolute atomic E-state index is 0.168. The Morgan fingerprint density at radius 1 is 1.07 bits per heavy atom. The van der Waals surface area contributed by atoms with Gasteiger partial charge in [0.15, 0.2) is 0 Å². The number of rotatable bonds is 7. The molecule has 1 amide bonds. The molecule has 0 spiro atoms. The average molecular weight is 403 g/mol. The second-order valence-electron chi connectivity index (χ2n) is 8.51. The number of aliphatic hydroxyl groups is 1. The highest BCUT2D eigenvalue weighted by Crippen LogP contribution is 2.27. The van der Waals surface area contributed by atoms with E-state index in [4.69, 9.17) is 0 Å². The van der Waals surface area contributed by atoms with Crippen LogP contribution < -0.4 is 10.2 Å². The van der Waals surface area contributed by atoms with E-state index >= 15 is 0 Å². The molecule has 3 heterocycles. The van der Waals surface area contributed by atoms with Crippen molar-refractivity contribution in [3.63, 3.8) is 0 Å². The van der Waals surface area contributed by atoms with Crippen molar-refractivity contribution in [1.82, 2.24) is 19.8 Å². The minimum atomic E-state index is 0.168. The van der Waals surface area contributed by atoms with Gasteiger partial charge in [-0.3, -0.25) is 9.69 Å². The number of piperazine rings is 1. The quantitative estimate of drug-likeness (QED) is 0.708. The first-order chi connectivity index (χ1) is 14.2. The fourth-order valence-electron chi connectivity index (χ4n) is 4.89. The summed E-state index contributed by atoms with van der Waals surface area (Å²) in [6, 6.07) is 2.15. The molecule has 2 N–H and O–H groups in total. The van der Waals surface area contributed by atoms with E-state index in [-0.39, 0.29) is 18.6 Å². The number of nitrogens with one attached hydrogen (secondary N) is 1. The molecule has 0 aromatic carbocycles. The monoisotopic (exact) mass is 402 g/mol. The molecule has 1 unspecified atom stereocenters.